The van der Waals surface area contributed by atoms with Crippen LogP contribution >= 0.6 is 12.4 Å². The van der Waals surface area contributed by atoms with Crippen LogP contribution in [0.1, 0.15) is 30.0 Å². The molecule has 2 N–H and O–H groups in total. The molecule has 1 heterocycles. The quantitative estimate of drug-likeness (QED) is 0.453. The fraction of sp³-hybridized carbons (Fsp3) is 0.310. The highest BCUT2D eigenvalue weighted by Gasteiger charge is 2.32. The van der Waals surface area contributed by atoms with Crippen LogP contribution in [-0.2, 0) is 29.0 Å². The minimum absolute atomic E-state index is 0. The molecule has 0 saturated carbocycles. The van der Waals surface area contributed by atoms with Crippen LogP contribution in [0.2, 0.25) is 0 Å². The number of carbonyl (C=O) groups excluding carboxylic acids is 2. The minimum atomic E-state index is -0.586. The van der Waals surface area contributed by atoms with E-state index in [0.717, 1.165) is 29.0 Å². The van der Waals surface area contributed by atoms with Crippen molar-refractivity contribution < 1.29 is 14.3 Å². The standard InChI is InChI=1S/C29H33N3O3.ClH/c1-21(30-2)28(33)31-26-16-14-24-13-15-25(35-18-17-22-9-5-3-6-10-22)19-27(24)32(29(26)34)20-23-11-7-4-8-12-23;/h3-13,15,19,21,26,30H,14,16-18,20H2,1-2H3,(H,31,33);1H/t21-,26-;/m0./s1. The Hall–Kier alpha value is -3.35. The Morgan fingerprint density at radius 2 is 1.69 bits per heavy atom. The lowest BCUT2D eigenvalue weighted by Crippen LogP contribution is -2.52. The van der Waals surface area contributed by atoms with E-state index in [1.807, 2.05) is 66.7 Å². The monoisotopic (exact) mass is 507 g/mol. The fourth-order valence-electron chi connectivity index (χ4n) is 4.25. The lowest BCUT2D eigenvalue weighted by atomic mass is 10.1. The van der Waals surface area contributed by atoms with E-state index in [1.54, 1.807) is 18.9 Å². The van der Waals surface area contributed by atoms with E-state index in [2.05, 4.69) is 22.8 Å². The van der Waals surface area contributed by atoms with Gasteiger partial charge in [0, 0.05) is 12.5 Å². The third-order valence-electron chi connectivity index (χ3n) is 6.44. The van der Waals surface area contributed by atoms with Gasteiger partial charge in [0.2, 0.25) is 11.8 Å². The molecule has 36 heavy (non-hydrogen) atoms. The summed E-state index contributed by atoms with van der Waals surface area (Å²) in [4.78, 5) is 28.1. The molecule has 2 amide bonds. The summed E-state index contributed by atoms with van der Waals surface area (Å²) in [6.07, 6.45) is 2.05. The number of halogens is 1. The molecule has 0 saturated heterocycles. The Balaban J connectivity index is 0.00000361. The smallest absolute Gasteiger partial charge is 0.249 e. The third kappa shape index (κ3) is 6.86. The molecule has 0 fully saturated rings. The second-order valence-corrected chi connectivity index (χ2v) is 8.89. The number of aryl methyl sites for hydroxylation is 1. The number of nitrogens with one attached hydrogen (secondary N) is 2. The maximum atomic E-state index is 13.7. The summed E-state index contributed by atoms with van der Waals surface area (Å²) >= 11 is 0. The number of amides is 2. The van der Waals surface area contributed by atoms with Crippen LogP contribution in [-0.4, -0.2) is 37.6 Å². The predicted molar refractivity (Wildman–Crippen MR) is 146 cm³/mol. The third-order valence-corrected chi connectivity index (χ3v) is 6.44. The Labute approximate surface area is 219 Å². The van der Waals surface area contributed by atoms with Gasteiger partial charge >= 0.3 is 0 Å². The topological polar surface area (TPSA) is 70.7 Å². The molecule has 1 aliphatic heterocycles. The summed E-state index contributed by atoms with van der Waals surface area (Å²) in [7, 11) is 1.73. The zero-order chi connectivity index (χ0) is 24.6. The Bertz CT molecular complexity index is 1140. The SMILES string of the molecule is CN[C@@H](C)C(=O)N[C@H]1CCc2ccc(OCCc3ccccc3)cc2N(Cc2ccccc2)C1=O.Cl. The van der Waals surface area contributed by atoms with Crippen LogP contribution in [0.4, 0.5) is 5.69 Å². The number of hydrogen-bond donors (Lipinski definition) is 2. The van der Waals surface area contributed by atoms with Gasteiger partial charge in [0.25, 0.3) is 0 Å². The fourth-order valence-corrected chi connectivity index (χ4v) is 4.25. The average Bonchev–Trinajstić information content (AvgIpc) is 3.01. The van der Waals surface area contributed by atoms with Gasteiger partial charge in [-0.2, -0.15) is 0 Å². The first-order chi connectivity index (χ1) is 17.0. The molecule has 4 rings (SSSR count). The van der Waals surface area contributed by atoms with Crippen molar-refractivity contribution >= 4 is 29.9 Å². The molecule has 0 spiro atoms. The van der Waals surface area contributed by atoms with E-state index >= 15 is 0 Å². The Kier molecular flexibility index (Phi) is 9.91. The number of fused-ring (bicyclic) bond motifs is 1. The Morgan fingerprint density at radius 1 is 1.03 bits per heavy atom. The molecule has 2 atom stereocenters. The number of rotatable bonds is 9. The number of nitrogens with zero attached hydrogens (tertiary/aromatic N) is 1. The van der Waals surface area contributed by atoms with Crippen molar-refractivity contribution in [2.24, 2.45) is 0 Å². The van der Waals surface area contributed by atoms with Crippen LogP contribution in [0.5, 0.6) is 5.75 Å². The summed E-state index contributed by atoms with van der Waals surface area (Å²) in [6, 6.07) is 25.2. The molecule has 0 aliphatic carbocycles. The van der Waals surface area contributed by atoms with E-state index in [0.29, 0.717) is 26.0 Å². The Morgan fingerprint density at radius 3 is 2.36 bits per heavy atom. The molecule has 190 valence electrons. The highest BCUT2D eigenvalue weighted by Crippen LogP contribution is 2.32. The summed E-state index contributed by atoms with van der Waals surface area (Å²) in [5.41, 5.74) is 4.16. The normalized spacial score (nSPS) is 15.8. The van der Waals surface area contributed by atoms with Crippen LogP contribution < -0.4 is 20.3 Å². The van der Waals surface area contributed by atoms with Crippen molar-refractivity contribution in [3.63, 3.8) is 0 Å². The van der Waals surface area contributed by atoms with E-state index in [1.165, 1.54) is 5.56 Å². The van der Waals surface area contributed by atoms with Gasteiger partial charge in [0.05, 0.1) is 24.9 Å². The van der Waals surface area contributed by atoms with Crippen LogP contribution in [0.3, 0.4) is 0 Å². The van der Waals surface area contributed by atoms with Crippen molar-refractivity contribution in [3.8, 4) is 5.75 Å². The molecular formula is C29H34ClN3O3. The van der Waals surface area contributed by atoms with Crippen molar-refractivity contribution in [2.45, 2.75) is 44.8 Å². The van der Waals surface area contributed by atoms with Crippen LogP contribution in [0.15, 0.2) is 78.9 Å². The lowest BCUT2D eigenvalue weighted by Gasteiger charge is -2.27. The number of likely N-dealkylation sites (N-methyl/N-ethyl adjacent to an activating group) is 1. The number of benzene rings is 3. The molecule has 0 radical (unpaired) electrons. The van der Waals surface area contributed by atoms with Crippen molar-refractivity contribution in [1.82, 2.24) is 10.6 Å². The van der Waals surface area contributed by atoms with Crippen LogP contribution in [0, 0.1) is 0 Å². The van der Waals surface area contributed by atoms with Crippen molar-refractivity contribution in [2.75, 3.05) is 18.6 Å². The van der Waals surface area contributed by atoms with E-state index in [-0.39, 0.29) is 30.3 Å². The molecular weight excluding hydrogens is 474 g/mol. The molecule has 0 unspecified atom stereocenters. The zero-order valence-electron chi connectivity index (χ0n) is 20.8. The van der Waals surface area contributed by atoms with Crippen LogP contribution in [0.25, 0.3) is 0 Å². The first-order valence-corrected chi connectivity index (χ1v) is 12.2. The highest BCUT2D eigenvalue weighted by atomic mass is 35.5. The summed E-state index contributed by atoms with van der Waals surface area (Å²) < 4.78 is 6.07. The van der Waals surface area contributed by atoms with E-state index < -0.39 is 6.04 Å². The molecule has 3 aromatic carbocycles. The van der Waals surface area contributed by atoms with Gasteiger partial charge in [-0.1, -0.05) is 66.7 Å². The highest BCUT2D eigenvalue weighted by molar-refractivity contribution is 6.01. The predicted octanol–water partition coefficient (Wildman–Crippen LogP) is 4.30. The molecule has 3 aromatic rings. The first-order valence-electron chi connectivity index (χ1n) is 12.2. The van der Waals surface area contributed by atoms with E-state index in [4.69, 9.17) is 4.74 Å². The maximum absolute atomic E-state index is 13.7. The van der Waals surface area contributed by atoms with Gasteiger partial charge in [-0.25, -0.2) is 0 Å². The molecule has 7 heteroatoms. The van der Waals surface area contributed by atoms with E-state index in [9.17, 15) is 9.59 Å². The molecule has 0 bridgehead atoms. The van der Waals surface area contributed by atoms with Gasteiger partial charge in [-0.05, 0) is 49.6 Å². The summed E-state index contributed by atoms with van der Waals surface area (Å²) in [5.74, 6) is 0.448. The van der Waals surface area contributed by atoms with Gasteiger partial charge in [-0.15, -0.1) is 12.4 Å². The lowest BCUT2D eigenvalue weighted by molar-refractivity contribution is -0.128. The van der Waals surface area contributed by atoms with Crippen molar-refractivity contribution in [1.29, 1.82) is 0 Å². The summed E-state index contributed by atoms with van der Waals surface area (Å²) in [6.45, 7) is 2.76. The first kappa shape index (κ1) is 27.2. The zero-order valence-corrected chi connectivity index (χ0v) is 21.6. The second kappa shape index (κ2) is 13.1. The minimum Gasteiger partial charge on any atom is -0.493 e. The molecule has 0 aromatic heterocycles. The largest absolute Gasteiger partial charge is 0.493 e. The van der Waals surface area contributed by atoms with Gasteiger partial charge in [0.15, 0.2) is 0 Å². The van der Waals surface area contributed by atoms with Gasteiger partial charge in [0.1, 0.15) is 11.8 Å². The number of ether oxygens (including phenoxy) is 1. The molecule has 6 nitrogen and oxygen atoms in total. The average molecular weight is 508 g/mol. The number of anilines is 1. The molecule has 1 aliphatic rings. The second-order valence-electron chi connectivity index (χ2n) is 8.89. The van der Waals surface area contributed by atoms with Gasteiger partial charge < -0.3 is 20.3 Å². The number of hydrogen-bond acceptors (Lipinski definition) is 4. The summed E-state index contributed by atoms with van der Waals surface area (Å²) in [5, 5.41) is 5.89. The number of carbonyl (C=O) groups is 2. The van der Waals surface area contributed by atoms with Crippen molar-refractivity contribution in [3.05, 3.63) is 95.6 Å². The maximum Gasteiger partial charge on any atom is 0.249 e. The van der Waals surface area contributed by atoms with Gasteiger partial charge in [-0.3, -0.25) is 9.59 Å².